The molecule has 17 heavy (non-hydrogen) atoms. The highest BCUT2D eigenvalue weighted by molar-refractivity contribution is 7.80. The van der Waals surface area contributed by atoms with E-state index < -0.39 is 0 Å². The Labute approximate surface area is 108 Å². The van der Waals surface area contributed by atoms with Gasteiger partial charge in [-0.05, 0) is 19.3 Å². The highest BCUT2D eigenvalue weighted by Gasteiger charge is 2.29. The zero-order valence-electron chi connectivity index (χ0n) is 10.6. The predicted octanol–water partition coefficient (Wildman–Crippen LogP) is 1.33. The summed E-state index contributed by atoms with van der Waals surface area (Å²) in [5.41, 5.74) is 5.64. The van der Waals surface area contributed by atoms with Gasteiger partial charge in [-0.15, -0.1) is 0 Å². The minimum absolute atomic E-state index is 0.0916. The van der Waals surface area contributed by atoms with Crippen molar-refractivity contribution in [3.05, 3.63) is 0 Å². The first-order valence-electron chi connectivity index (χ1n) is 6.21. The van der Waals surface area contributed by atoms with Gasteiger partial charge in [0, 0.05) is 20.2 Å². The van der Waals surface area contributed by atoms with Crippen molar-refractivity contribution in [1.29, 1.82) is 0 Å². The summed E-state index contributed by atoms with van der Waals surface area (Å²) in [7, 11) is 1.72. The van der Waals surface area contributed by atoms with Gasteiger partial charge in [-0.1, -0.05) is 25.6 Å². The topological polar surface area (TPSA) is 55.6 Å². The molecule has 0 saturated carbocycles. The van der Waals surface area contributed by atoms with Crippen LogP contribution in [0.1, 0.15) is 32.6 Å². The van der Waals surface area contributed by atoms with E-state index in [0.29, 0.717) is 4.99 Å². The molecular formula is C12H22N2O2S. The Morgan fingerprint density at radius 3 is 2.53 bits per heavy atom. The van der Waals surface area contributed by atoms with E-state index in [9.17, 15) is 4.79 Å². The Bertz CT molecular complexity index is 276. The second-order valence-electron chi connectivity index (χ2n) is 4.50. The summed E-state index contributed by atoms with van der Waals surface area (Å²) in [6.07, 6.45) is 3.76. The van der Waals surface area contributed by atoms with Crippen LogP contribution in [0.25, 0.3) is 0 Å². The van der Waals surface area contributed by atoms with Crippen molar-refractivity contribution in [2.75, 3.05) is 20.2 Å². The number of carbonyl (C=O) groups is 1. The second kappa shape index (κ2) is 6.91. The van der Waals surface area contributed by atoms with Crippen molar-refractivity contribution < 1.29 is 9.53 Å². The van der Waals surface area contributed by atoms with E-state index in [2.05, 4.69) is 0 Å². The molecule has 1 heterocycles. The molecule has 0 aliphatic carbocycles. The number of amides is 1. The Balaban J connectivity index is 2.54. The van der Waals surface area contributed by atoms with E-state index in [1.54, 1.807) is 7.11 Å². The number of hydrogen-bond acceptors (Lipinski definition) is 3. The summed E-state index contributed by atoms with van der Waals surface area (Å²) >= 11 is 4.98. The number of carbonyl (C=O) groups excluding carboxylic acids is 1. The lowest BCUT2D eigenvalue weighted by atomic mass is 9.99. The van der Waals surface area contributed by atoms with Gasteiger partial charge in [-0.2, -0.15) is 0 Å². The smallest absolute Gasteiger partial charge is 0.232 e. The number of rotatable bonds is 5. The van der Waals surface area contributed by atoms with Gasteiger partial charge in [-0.3, -0.25) is 4.79 Å². The van der Waals surface area contributed by atoms with E-state index in [4.69, 9.17) is 22.7 Å². The minimum atomic E-state index is -0.283. The molecule has 1 aliphatic rings. The minimum Gasteiger partial charge on any atom is -0.393 e. The fourth-order valence-electron chi connectivity index (χ4n) is 2.21. The molecule has 1 rings (SSSR count). The molecule has 0 aromatic heterocycles. The fraction of sp³-hybridized carbons (Fsp3) is 0.833. The van der Waals surface area contributed by atoms with Crippen LogP contribution in [0.4, 0.5) is 0 Å². The largest absolute Gasteiger partial charge is 0.393 e. The van der Waals surface area contributed by atoms with E-state index in [1.807, 2.05) is 11.8 Å². The summed E-state index contributed by atoms with van der Waals surface area (Å²) in [4.78, 5) is 14.4. The molecule has 5 heteroatoms. The lowest BCUT2D eigenvalue weighted by molar-refractivity contribution is -0.135. The Hall–Kier alpha value is -0.680. The van der Waals surface area contributed by atoms with Crippen molar-refractivity contribution in [1.82, 2.24) is 4.90 Å². The molecule has 1 unspecified atom stereocenters. The Morgan fingerprint density at radius 1 is 1.53 bits per heavy atom. The van der Waals surface area contributed by atoms with E-state index in [1.165, 1.54) is 0 Å². The molecule has 0 bridgehead atoms. The third-order valence-electron chi connectivity index (χ3n) is 3.31. The van der Waals surface area contributed by atoms with Gasteiger partial charge < -0.3 is 15.4 Å². The second-order valence-corrected chi connectivity index (χ2v) is 4.98. The molecule has 4 nitrogen and oxygen atoms in total. The number of nitrogens with two attached hydrogens (primary N) is 1. The third kappa shape index (κ3) is 3.92. The van der Waals surface area contributed by atoms with Crippen molar-refractivity contribution in [2.24, 2.45) is 11.7 Å². The number of piperidine rings is 1. The number of likely N-dealkylation sites (tertiary alicyclic amines) is 1. The molecule has 1 saturated heterocycles. The zero-order chi connectivity index (χ0) is 12.8. The number of nitrogens with zero attached hydrogens (tertiary/aromatic N) is 1. The summed E-state index contributed by atoms with van der Waals surface area (Å²) in [6.45, 7) is 3.54. The van der Waals surface area contributed by atoms with Gasteiger partial charge >= 0.3 is 0 Å². The number of thiocarbonyl (C=S) groups is 1. The quantitative estimate of drug-likeness (QED) is 0.756. The van der Waals surface area contributed by atoms with Crippen LogP contribution in [0, 0.1) is 5.92 Å². The number of hydrogen-bond donors (Lipinski definition) is 1. The SMILES string of the molecule is CCCC(C(=O)N1CCC(OC)CC1)C(N)=S. The van der Waals surface area contributed by atoms with E-state index in [-0.39, 0.29) is 17.9 Å². The molecule has 1 amide bonds. The molecule has 1 fully saturated rings. The first kappa shape index (κ1) is 14.4. The van der Waals surface area contributed by atoms with E-state index in [0.717, 1.165) is 38.8 Å². The molecule has 0 spiro atoms. The Morgan fingerprint density at radius 2 is 2.12 bits per heavy atom. The maximum atomic E-state index is 12.2. The monoisotopic (exact) mass is 258 g/mol. The van der Waals surface area contributed by atoms with Crippen LogP contribution in [-0.2, 0) is 9.53 Å². The van der Waals surface area contributed by atoms with Crippen LogP contribution in [0.2, 0.25) is 0 Å². The summed E-state index contributed by atoms with van der Waals surface area (Å²) < 4.78 is 5.29. The molecular weight excluding hydrogens is 236 g/mol. The molecule has 2 N–H and O–H groups in total. The lowest BCUT2D eigenvalue weighted by Crippen LogP contribution is -2.46. The average molecular weight is 258 g/mol. The van der Waals surface area contributed by atoms with Crippen molar-refractivity contribution in [3.63, 3.8) is 0 Å². The Kier molecular flexibility index (Phi) is 5.85. The van der Waals surface area contributed by atoms with Gasteiger partial charge in [0.1, 0.15) is 0 Å². The van der Waals surface area contributed by atoms with Gasteiger partial charge in [0.05, 0.1) is 17.0 Å². The standard InChI is InChI=1S/C12H22N2O2S/c1-3-4-10(11(13)17)12(15)14-7-5-9(16-2)6-8-14/h9-10H,3-8H2,1-2H3,(H2,13,17). The van der Waals surface area contributed by atoms with Crippen LogP contribution >= 0.6 is 12.2 Å². The van der Waals surface area contributed by atoms with Gasteiger partial charge in [0.15, 0.2) is 0 Å². The summed E-state index contributed by atoms with van der Waals surface area (Å²) in [5, 5.41) is 0. The maximum Gasteiger partial charge on any atom is 0.232 e. The summed E-state index contributed by atoms with van der Waals surface area (Å²) in [5.74, 6) is -0.192. The average Bonchev–Trinajstić information content (AvgIpc) is 2.35. The van der Waals surface area contributed by atoms with Crippen molar-refractivity contribution in [2.45, 2.75) is 38.7 Å². The van der Waals surface area contributed by atoms with E-state index >= 15 is 0 Å². The van der Waals surface area contributed by atoms with Crippen LogP contribution in [-0.4, -0.2) is 42.1 Å². The maximum absolute atomic E-state index is 12.2. The molecule has 1 atom stereocenters. The van der Waals surface area contributed by atoms with Crippen molar-refractivity contribution in [3.8, 4) is 0 Å². The molecule has 0 radical (unpaired) electrons. The lowest BCUT2D eigenvalue weighted by Gasteiger charge is -2.33. The fourth-order valence-corrected chi connectivity index (χ4v) is 2.43. The van der Waals surface area contributed by atoms with Crippen LogP contribution in [0.15, 0.2) is 0 Å². The van der Waals surface area contributed by atoms with Gasteiger partial charge in [-0.25, -0.2) is 0 Å². The molecule has 1 aliphatic heterocycles. The summed E-state index contributed by atoms with van der Waals surface area (Å²) in [6, 6.07) is 0. The van der Waals surface area contributed by atoms with Crippen LogP contribution in [0.5, 0.6) is 0 Å². The normalized spacial score (nSPS) is 19.1. The number of methoxy groups -OCH3 is 1. The third-order valence-corrected chi connectivity index (χ3v) is 3.59. The first-order valence-corrected chi connectivity index (χ1v) is 6.61. The van der Waals surface area contributed by atoms with Crippen molar-refractivity contribution >= 4 is 23.1 Å². The van der Waals surface area contributed by atoms with Crippen LogP contribution < -0.4 is 5.73 Å². The molecule has 0 aromatic carbocycles. The molecule has 98 valence electrons. The van der Waals surface area contributed by atoms with Gasteiger partial charge in [0.25, 0.3) is 0 Å². The first-order chi connectivity index (χ1) is 8.10. The highest BCUT2D eigenvalue weighted by Crippen LogP contribution is 2.18. The highest BCUT2D eigenvalue weighted by atomic mass is 32.1. The van der Waals surface area contributed by atoms with Crippen LogP contribution in [0.3, 0.4) is 0 Å². The van der Waals surface area contributed by atoms with Gasteiger partial charge in [0.2, 0.25) is 5.91 Å². The number of ether oxygens (including phenoxy) is 1. The molecule has 0 aromatic rings. The predicted molar refractivity (Wildman–Crippen MR) is 71.8 cm³/mol. The zero-order valence-corrected chi connectivity index (χ0v) is 11.5.